The normalized spacial score (nSPS) is 11.5. The van der Waals surface area contributed by atoms with E-state index in [-0.39, 0.29) is 6.10 Å². The smallest absolute Gasteiger partial charge is 0.328 e. The maximum absolute atomic E-state index is 10.6. The molecule has 2 aromatic heterocycles. The highest BCUT2D eigenvalue weighted by Gasteiger charge is 2.10. The van der Waals surface area contributed by atoms with Gasteiger partial charge in [-0.25, -0.2) is 4.79 Å². The number of ether oxygens (including phenoxy) is 1. The van der Waals surface area contributed by atoms with Crippen molar-refractivity contribution in [3.63, 3.8) is 0 Å². The van der Waals surface area contributed by atoms with E-state index in [4.69, 9.17) is 14.3 Å². The summed E-state index contributed by atoms with van der Waals surface area (Å²) >= 11 is 0. The van der Waals surface area contributed by atoms with E-state index in [0.29, 0.717) is 11.3 Å². The molecule has 0 atom stereocenters. The van der Waals surface area contributed by atoms with Crippen molar-refractivity contribution < 1.29 is 19.1 Å². The van der Waals surface area contributed by atoms with Gasteiger partial charge in [-0.15, -0.1) is 0 Å². The number of pyridine rings is 1. The molecule has 0 fully saturated rings. The maximum Gasteiger partial charge on any atom is 0.328 e. The Hall–Kier alpha value is -3.08. The van der Waals surface area contributed by atoms with E-state index < -0.39 is 5.97 Å². The Morgan fingerprint density at radius 2 is 2.00 bits per heavy atom. The summed E-state index contributed by atoms with van der Waals surface area (Å²) in [6, 6.07) is 9.47. The number of hydrogen-bond donors (Lipinski definition) is 1. The largest absolute Gasteiger partial charge is 0.491 e. The summed E-state index contributed by atoms with van der Waals surface area (Å²) in [6.07, 6.45) is 6.01. The van der Waals surface area contributed by atoms with E-state index in [2.05, 4.69) is 4.98 Å². The van der Waals surface area contributed by atoms with Crippen molar-refractivity contribution in [2.45, 2.75) is 20.0 Å². The van der Waals surface area contributed by atoms with Crippen LogP contribution in [0.25, 0.3) is 28.2 Å². The fourth-order valence-electron chi connectivity index (χ4n) is 2.41. The Morgan fingerprint density at radius 3 is 2.67 bits per heavy atom. The molecule has 5 heteroatoms. The molecule has 1 N–H and O–H groups in total. The summed E-state index contributed by atoms with van der Waals surface area (Å²) in [5.74, 6) is 0.259. The number of fused-ring (bicyclic) bond motifs is 1. The molecule has 0 saturated heterocycles. The number of carbonyl (C=O) groups is 1. The van der Waals surface area contributed by atoms with E-state index in [9.17, 15) is 4.79 Å². The Bertz CT molecular complexity index is 891. The van der Waals surface area contributed by atoms with E-state index in [1.807, 2.05) is 38.1 Å². The number of hydrogen-bond acceptors (Lipinski definition) is 4. The number of aromatic nitrogens is 1. The second-order valence-electron chi connectivity index (χ2n) is 5.62. The number of furan rings is 1. The molecule has 0 radical (unpaired) electrons. The van der Waals surface area contributed by atoms with Crippen LogP contribution in [0, 0.1) is 0 Å². The standard InChI is InChI=1S/C19H17NO4/c1-12(2)23-15-5-3-13(4-6-15)17-11-20-10-14-9-16(24-19(14)17)7-8-18(21)22/h3-12H,1-2H3,(H,21,22)/b8-7+. The number of carboxylic acids is 1. The lowest BCUT2D eigenvalue weighted by molar-refractivity contribution is -0.131. The highest BCUT2D eigenvalue weighted by molar-refractivity contribution is 5.93. The fraction of sp³-hybridized carbons (Fsp3) is 0.158. The third-order valence-electron chi connectivity index (χ3n) is 3.37. The number of carboxylic acid groups (broad SMARTS) is 1. The first-order chi connectivity index (χ1) is 11.5. The van der Waals surface area contributed by atoms with Crippen LogP contribution in [-0.4, -0.2) is 22.2 Å². The predicted octanol–water partition coefficient (Wildman–Crippen LogP) is 4.38. The summed E-state index contributed by atoms with van der Waals surface area (Å²) in [7, 11) is 0. The molecule has 0 unspecified atom stereocenters. The Kier molecular flexibility index (Phi) is 4.33. The SMILES string of the molecule is CC(C)Oc1ccc(-c2cncc3cc(/C=C/C(=O)O)oc23)cc1. The second-order valence-corrected chi connectivity index (χ2v) is 5.62. The molecule has 0 saturated carbocycles. The zero-order valence-electron chi connectivity index (χ0n) is 13.4. The molecule has 3 rings (SSSR count). The first-order valence-corrected chi connectivity index (χ1v) is 7.58. The van der Waals surface area contributed by atoms with E-state index in [1.54, 1.807) is 18.5 Å². The Labute approximate surface area is 139 Å². The van der Waals surface area contributed by atoms with Crippen LogP contribution in [-0.2, 0) is 4.79 Å². The molecule has 0 aliphatic heterocycles. The molecule has 0 bridgehead atoms. The third kappa shape index (κ3) is 3.46. The molecule has 0 amide bonds. The maximum atomic E-state index is 10.6. The summed E-state index contributed by atoms with van der Waals surface area (Å²) in [5.41, 5.74) is 2.47. The number of rotatable bonds is 5. The van der Waals surface area contributed by atoms with Crippen LogP contribution in [0.2, 0.25) is 0 Å². The number of aliphatic carboxylic acids is 1. The van der Waals surface area contributed by atoms with Crippen molar-refractivity contribution >= 4 is 23.0 Å². The average molecular weight is 323 g/mol. The van der Waals surface area contributed by atoms with Gasteiger partial charge in [-0.3, -0.25) is 4.98 Å². The molecule has 3 aromatic rings. The van der Waals surface area contributed by atoms with Gasteiger partial charge in [-0.05, 0) is 43.7 Å². The summed E-state index contributed by atoms with van der Waals surface area (Å²) in [5, 5.41) is 9.54. The molecule has 0 spiro atoms. The van der Waals surface area contributed by atoms with Gasteiger partial charge in [0.1, 0.15) is 17.1 Å². The van der Waals surface area contributed by atoms with Crippen molar-refractivity contribution in [1.29, 1.82) is 0 Å². The van der Waals surface area contributed by atoms with Crippen molar-refractivity contribution in [2.24, 2.45) is 0 Å². The molecule has 5 nitrogen and oxygen atoms in total. The molecule has 0 aliphatic rings. The van der Waals surface area contributed by atoms with Gasteiger partial charge in [0.05, 0.1) is 6.10 Å². The fourth-order valence-corrected chi connectivity index (χ4v) is 2.41. The van der Waals surface area contributed by atoms with Crippen LogP contribution in [0.1, 0.15) is 19.6 Å². The lowest BCUT2D eigenvalue weighted by atomic mass is 10.1. The van der Waals surface area contributed by atoms with Crippen molar-refractivity contribution in [3.05, 3.63) is 54.6 Å². The quantitative estimate of drug-likeness (QED) is 0.705. The zero-order valence-corrected chi connectivity index (χ0v) is 13.4. The van der Waals surface area contributed by atoms with Crippen LogP contribution < -0.4 is 4.74 Å². The molecule has 24 heavy (non-hydrogen) atoms. The average Bonchev–Trinajstić information content (AvgIpc) is 2.96. The summed E-state index contributed by atoms with van der Waals surface area (Å²) < 4.78 is 11.4. The van der Waals surface area contributed by atoms with E-state index >= 15 is 0 Å². The molecule has 122 valence electrons. The van der Waals surface area contributed by atoms with Crippen LogP contribution in [0.3, 0.4) is 0 Å². The van der Waals surface area contributed by atoms with Gasteiger partial charge in [0.2, 0.25) is 0 Å². The van der Waals surface area contributed by atoms with Gasteiger partial charge in [-0.1, -0.05) is 12.1 Å². The van der Waals surface area contributed by atoms with Crippen molar-refractivity contribution in [1.82, 2.24) is 4.98 Å². The van der Waals surface area contributed by atoms with Crippen molar-refractivity contribution in [2.75, 3.05) is 0 Å². The third-order valence-corrected chi connectivity index (χ3v) is 3.37. The summed E-state index contributed by atoms with van der Waals surface area (Å²) in [4.78, 5) is 14.9. The molecule has 1 aromatic carbocycles. The van der Waals surface area contributed by atoms with Crippen molar-refractivity contribution in [3.8, 4) is 16.9 Å². The van der Waals surface area contributed by atoms with Gasteiger partial charge in [-0.2, -0.15) is 0 Å². The van der Waals surface area contributed by atoms with Crippen LogP contribution in [0.4, 0.5) is 0 Å². The van der Waals surface area contributed by atoms with E-state index in [1.165, 1.54) is 6.08 Å². The number of benzene rings is 1. The topological polar surface area (TPSA) is 72.6 Å². The minimum Gasteiger partial charge on any atom is -0.491 e. The van der Waals surface area contributed by atoms with Crippen LogP contribution in [0.5, 0.6) is 5.75 Å². The van der Waals surface area contributed by atoms with Gasteiger partial charge in [0.15, 0.2) is 0 Å². The van der Waals surface area contributed by atoms with Gasteiger partial charge < -0.3 is 14.3 Å². The molecule has 2 heterocycles. The second kappa shape index (κ2) is 6.58. The van der Waals surface area contributed by atoms with E-state index in [0.717, 1.165) is 28.3 Å². The minimum absolute atomic E-state index is 0.120. The number of nitrogens with zero attached hydrogens (tertiary/aromatic N) is 1. The first-order valence-electron chi connectivity index (χ1n) is 7.58. The molecule has 0 aliphatic carbocycles. The van der Waals surface area contributed by atoms with Gasteiger partial charge in [0, 0.05) is 29.4 Å². The van der Waals surface area contributed by atoms with Crippen LogP contribution >= 0.6 is 0 Å². The lowest BCUT2D eigenvalue weighted by Gasteiger charge is -2.10. The molecular formula is C19H17NO4. The highest BCUT2D eigenvalue weighted by Crippen LogP contribution is 2.31. The Morgan fingerprint density at radius 1 is 1.25 bits per heavy atom. The first kappa shape index (κ1) is 15.8. The Balaban J connectivity index is 1.98. The van der Waals surface area contributed by atoms with Gasteiger partial charge in [0.25, 0.3) is 0 Å². The highest BCUT2D eigenvalue weighted by atomic mass is 16.5. The summed E-state index contributed by atoms with van der Waals surface area (Å²) in [6.45, 7) is 3.96. The van der Waals surface area contributed by atoms with Gasteiger partial charge >= 0.3 is 5.97 Å². The monoisotopic (exact) mass is 323 g/mol. The predicted molar refractivity (Wildman–Crippen MR) is 91.9 cm³/mol. The minimum atomic E-state index is -1.02. The lowest BCUT2D eigenvalue weighted by Crippen LogP contribution is -2.05. The zero-order chi connectivity index (χ0) is 17.1. The van der Waals surface area contributed by atoms with Crippen LogP contribution in [0.15, 0.2) is 53.2 Å². The molecular weight excluding hydrogens is 306 g/mol.